The molecule has 3 rings (SSSR count). The average molecular weight is 255 g/mol. The highest BCUT2D eigenvalue weighted by Gasteiger charge is 2.26. The minimum atomic E-state index is 0.598. The monoisotopic (exact) mass is 255 g/mol. The minimum Gasteiger partial charge on any atom is -0.370 e. The number of anilines is 1. The number of hydrogen-bond donors (Lipinski definition) is 1. The van der Waals surface area contributed by atoms with Crippen molar-refractivity contribution in [2.75, 3.05) is 11.9 Å². The highest BCUT2D eigenvalue weighted by atomic mass is 15.0. The molecule has 2 aromatic rings. The van der Waals surface area contributed by atoms with Gasteiger partial charge in [0.1, 0.15) is 11.5 Å². The smallest absolute Gasteiger partial charge is 0.182 e. The molecule has 0 amide bonds. The van der Waals surface area contributed by atoms with Gasteiger partial charge in [-0.2, -0.15) is 0 Å². The number of hydrogen-bond acceptors (Lipinski definition) is 5. The molecule has 0 saturated heterocycles. The van der Waals surface area contributed by atoms with Crippen molar-refractivity contribution in [3.63, 3.8) is 0 Å². The topological polar surface area (TPSA) is 63.6 Å². The van der Waals surface area contributed by atoms with Crippen LogP contribution in [-0.4, -0.2) is 26.5 Å². The number of nitrogens with zero attached hydrogens (tertiary/aromatic N) is 4. The number of nitrogens with one attached hydrogen (secondary N) is 1. The summed E-state index contributed by atoms with van der Waals surface area (Å²) in [6.45, 7) is 3.06. The molecule has 19 heavy (non-hydrogen) atoms. The van der Waals surface area contributed by atoms with Gasteiger partial charge in [-0.15, -0.1) is 0 Å². The van der Waals surface area contributed by atoms with E-state index in [4.69, 9.17) is 0 Å². The normalized spacial score (nSPS) is 14.4. The van der Waals surface area contributed by atoms with E-state index in [-0.39, 0.29) is 0 Å². The van der Waals surface area contributed by atoms with Crippen LogP contribution in [0.2, 0.25) is 0 Å². The van der Waals surface area contributed by atoms with Crippen molar-refractivity contribution in [3.05, 3.63) is 30.4 Å². The Morgan fingerprint density at radius 2 is 2.16 bits per heavy atom. The molecule has 1 saturated carbocycles. The third-order valence-corrected chi connectivity index (χ3v) is 3.09. The van der Waals surface area contributed by atoms with Gasteiger partial charge in [-0.3, -0.25) is 4.98 Å². The van der Waals surface area contributed by atoms with E-state index in [1.807, 2.05) is 0 Å². The van der Waals surface area contributed by atoms with Crippen LogP contribution >= 0.6 is 0 Å². The summed E-state index contributed by atoms with van der Waals surface area (Å²) in [5, 5.41) is 3.33. The molecule has 1 aliphatic rings. The molecule has 0 unspecified atom stereocenters. The van der Waals surface area contributed by atoms with Crippen molar-refractivity contribution in [2.24, 2.45) is 0 Å². The maximum atomic E-state index is 4.62. The lowest BCUT2D eigenvalue weighted by atomic mass is 10.2. The fourth-order valence-corrected chi connectivity index (χ4v) is 1.93. The summed E-state index contributed by atoms with van der Waals surface area (Å²) >= 11 is 0. The van der Waals surface area contributed by atoms with E-state index >= 15 is 0 Å². The van der Waals surface area contributed by atoms with Crippen molar-refractivity contribution in [3.8, 4) is 11.5 Å². The summed E-state index contributed by atoms with van der Waals surface area (Å²) < 4.78 is 0. The van der Waals surface area contributed by atoms with Gasteiger partial charge in [-0.25, -0.2) is 15.0 Å². The first-order chi connectivity index (χ1) is 9.36. The lowest BCUT2D eigenvalue weighted by Gasteiger charge is -2.08. The van der Waals surface area contributed by atoms with Gasteiger partial charge in [0.25, 0.3) is 0 Å². The van der Waals surface area contributed by atoms with Crippen molar-refractivity contribution in [1.29, 1.82) is 0 Å². The Bertz CT molecular complexity index is 551. The molecule has 1 N–H and O–H groups in total. The Balaban J connectivity index is 1.96. The SMILES string of the molecule is CCCNc1cc(C2CC2)nc(-c2cnccn2)n1. The second-order valence-corrected chi connectivity index (χ2v) is 4.79. The van der Waals surface area contributed by atoms with Crippen LogP contribution in [0.15, 0.2) is 24.7 Å². The van der Waals surface area contributed by atoms with Gasteiger partial charge in [0.15, 0.2) is 5.82 Å². The number of rotatable bonds is 5. The second-order valence-electron chi connectivity index (χ2n) is 4.79. The summed E-state index contributed by atoms with van der Waals surface area (Å²) in [6.07, 6.45) is 8.55. The Morgan fingerprint density at radius 3 is 2.84 bits per heavy atom. The third kappa shape index (κ3) is 2.86. The van der Waals surface area contributed by atoms with Gasteiger partial charge in [-0.05, 0) is 19.3 Å². The summed E-state index contributed by atoms with van der Waals surface area (Å²) in [7, 11) is 0. The molecule has 0 spiro atoms. The molecule has 0 atom stereocenters. The molecular weight excluding hydrogens is 238 g/mol. The largest absolute Gasteiger partial charge is 0.370 e. The summed E-state index contributed by atoms with van der Waals surface area (Å²) in [5.74, 6) is 2.15. The molecule has 0 aromatic carbocycles. The van der Waals surface area contributed by atoms with E-state index in [0.717, 1.165) is 30.2 Å². The van der Waals surface area contributed by atoms with Crippen molar-refractivity contribution in [2.45, 2.75) is 32.1 Å². The van der Waals surface area contributed by atoms with Crippen LogP contribution in [0, 0.1) is 0 Å². The molecular formula is C14H17N5. The van der Waals surface area contributed by atoms with E-state index in [2.05, 4.69) is 38.2 Å². The molecule has 0 bridgehead atoms. The van der Waals surface area contributed by atoms with Crippen LogP contribution in [0.4, 0.5) is 5.82 Å². The third-order valence-electron chi connectivity index (χ3n) is 3.09. The van der Waals surface area contributed by atoms with Crippen LogP contribution < -0.4 is 5.32 Å². The highest BCUT2D eigenvalue weighted by molar-refractivity contribution is 5.52. The molecule has 2 heterocycles. The molecule has 2 aromatic heterocycles. The minimum absolute atomic E-state index is 0.598. The maximum absolute atomic E-state index is 4.62. The standard InChI is InChI=1S/C14H17N5/c1-2-5-17-13-8-11(10-3-4-10)18-14(19-13)12-9-15-6-7-16-12/h6-10H,2-5H2,1H3,(H,17,18,19). The van der Waals surface area contributed by atoms with Gasteiger partial charge >= 0.3 is 0 Å². The van der Waals surface area contributed by atoms with Gasteiger partial charge in [0.05, 0.1) is 6.20 Å². The van der Waals surface area contributed by atoms with E-state index in [9.17, 15) is 0 Å². The first-order valence-corrected chi connectivity index (χ1v) is 6.76. The fraction of sp³-hybridized carbons (Fsp3) is 0.429. The van der Waals surface area contributed by atoms with E-state index < -0.39 is 0 Å². The zero-order chi connectivity index (χ0) is 13.1. The molecule has 0 aliphatic heterocycles. The Kier molecular flexibility index (Phi) is 3.35. The van der Waals surface area contributed by atoms with Crippen LogP contribution in [0.1, 0.15) is 37.8 Å². The Labute approximate surface area is 112 Å². The molecule has 98 valence electrons. The Morgan fingerprint density at radius 1 is 1.26 bits per heavy atom. The van der Waals surface area contributed by atoms with Gasteiger partial charge < -0.3 is 5.32 Å². The predicted octanol–water partition coefficient (Wildman–Crippen LogP) is 2.63. The Hall–Kier alpha value is -2.04. The fourth-order valence-electron chi connectivity index (χ4n) is 1.93. The van der Waals surface area contributed by atoms with E-state index in [0.29, 0.717) is 11.7 Å². The van der Waals surface area contributed by atoms with Crippen molar-refractivity contribution >= 4 is 5.82 Å². The van der Waals surface area contributed by atoms with Crippen LogP contribution in [0.25, 0.3) is 11.5 Å². The van der Waals surface area contributed by atoms with Crippen molar-refractivity contribution in [1.82, 2.24) is 19.9 Å². The van der Waals surface area contributed by atoms with Crippen LogP contribution in [0.3, 0.4) is 0 Å². The maximum Gasteiger partial charge on any atom is 0.182 e. The number of aromatic nitrogens is 4. The highest BCUT2D eigenvalue weighted by Crippen LogP contribution is 2.40. The molecule has 1 fully saturated rings. The van der Waals surface area contributed by atoms with Crippen LogP contribution in [-0.2, 0) is 0 Å². The van der Waals surface area contributed by atoms with Gasteiger partial charge in [-0.1, -0.05) is 6.92 Å². The predicted molar refractivity (Wildman–Crippen MR) is 73.8 cm³/mol. The summed E-state index contributed by atoms with van der Waals surface area (Å²) in [4.78, 5) is 17.5. The first-order valence-electron chi connectivity index (χ1n) is 6.76. The van der Waals surface area contributed by atoms with Gasteiger partial charge in [0.2, 0.25) is 0 Å². The molecule has 5 heteroatoms. The summed E-state index contributed by atoms with van der Waals surface area (Å²) in [6, 6.07) is 2.06. The van der Waals surface area contributed by atoms with E-state index in [1.54, 1.807) is 18.6 Å². The van der Waals surface area contributed by atoms with Crippen LogP contribution in [0.5, 0.6) is 0 Å². The van der Waals surface area contributed by atoms with E-state index in [1.165, 1.54) is 12.8 Å². The average Bonchev–Trinajstić information content (AvgIpc) is 3.30. The molecule has 5 nitrogen and oxygen atoms in total. The zero-order valence-electron chi connectivity index (χ0n) is 11.0. The summed E-state index contributed by atoms with van der Waals surface area (Å²) in [5.41, 5.74) is 1.85. The van der Waals surface area contributed by atoms with Gasteiger partial charge in [0, 0.05) is 36.6 Å². The first kappa shape index (κ1) is 12.0. The lowest BCUT2D eigenvalue weighted by molar-refractivity contribution is 0.944. The molecule has 1 aliphatic carbocycles. The van der Waals surface area contributed by atoms with Crippen molar-refractivity contribution < 1.29 is 0 Å². The lowest BCUT2D eigenvalue weighted by Crippen LogP contribution is -2.05. The molecule has 0 radical (unpaired) electrons. The second kappa shape index (κ2) is 5.30. The zero-order valence-corrected chi connectivity index (χ0v) is 11.0. The quantitative estimate of drug-likeness (QED) is 0.889.